The van der Waals surface area contributed by atoms with E-state index < -0.39 is 0 Å². The predicted molar refractivity (Wildman–Crippen MR) is 69.9 cm³/mol. The minimum Gasteiger partial charge on any atom is -0.333 e. The fourth-order valence-corrected chi connectivity index (χ4v) is 2.51. The van der Waals surface area contributed by atoms with Crippen LogP contribution in [0.2, 0.25) is 0 Å². The van der Waals surface area contributed by atoms with E-state index in [1.54, 1.807) is 0 Å². The highest BCUT2D eigenvalue weighted by Gasteiger charge is 2.21. The van der Waals surface area contributed by atoms with Crippen LogP contribution in [0.15, 0.2) is 0 Å². The van der Waals surface area contributed by atoms with Crippen LogP contribution < -0.4 is 5.73 Å². The van der Waals surface area contributed by atoms with Gasteiger partial charge in [-0.2, -0.15) is 0 Å². The van der Waals surface area contributed by atoms with Gasteiger partial charge in [-0.3, -0.25) is 0 Å². The molecule has 1 nitrogen and oxygen atoms in total. The Kier molecular flexibility index (Phi) is 9.18. The van der Waals surface area contributed by atoms with Crippen LogP contribution in [0.3, 0.4) is 0 Å². The lowest BCUT2D eigenvalue weighted by Gasteiger charge is -2.20. The quantitative estimate of drug-likeness (QED) is 0.727. The summed E-state index contributed by atoms with van der Waals surface area (Å²) in [6.45, 7) is 7.17. The predicted octanol–water partition coefficient (Wildman–Crippen LogP) is 4.21. The minimum absolute atomic E-state index is 0.948. The Morgan fingerprint density at radius 2 is 1.60 bits per heavy atom. The zero-order valence-electron chi connectivity index (χ0n) is 11.3. The fourth-order valence-electron chi connectivity index (χ4n) is 2.51. The van der Waals surface area contributed by atoms with Crippen molar-refractivity contribution in [1.82, 2.24) is 0 Å². The third kappa shape index (κ3) is 6.19. The van der Waals surface area contributed by atoms with E-state index in [-0.39, 0.29) is 0 Å². The van der Waals surface area contributed by atoms with Crippen LogP contribution in [0.5, 0.6) is 0 Å². The summed E-state index contributed by atoms with van der Waals surface area (Å²) >= 11 is 0. The molecule has 1 heteroatoms. The molecule has 0 aromatic rings. The molecule has 92 valence electrons. The van der Waals surface area contributed by atoms with Gasteiger partial charge >= 0.3 is 0 Å². The lowest BCUT2D eigenvalue weighted by atomic mass is 9.86. The Labute approximate surface area is 96.8 Å². The van der Waals surface area contributed by atoms with Crippen LogP contribution in [0.25, 0.3) is 0 Å². The molecule has 2 atom stereocenters. The second kappa shape index (κ2) is 9.21. The van der Waals surface area contributed by atoms with E-state index >= 15 is 0 Å². The fraction of sp³-hybridized carbons (Fsp3) is 1.00. The zero-order chi connectivity index (χ0) is 11.7. The highest BCUT2D eigenvalue weighted by atomic mass is 14.4. The Hall–Kier alpha value is -0.0400. The number of hydrogen-bond donors (Lipinski definition) is 1. The Morgan fingerprint density at radius 3 is 2.07 bits per heavy atom. The molecule has 1 saturated carbocycles. The first-order valence-corrected chi connectivity index (χ1v) is 6.81. The van der Waals surface area contributed by atoms with Gasteiger partial charge in [0.25, 0.3) is 0 Å². The maximum Gasteiger partial charge on any atom is -0.0195 e. The summed E-state index contributed by atoms with van der Waals surface area (Å²) in [7, 11) is 1.50. The average molecular weight is 213 g/mol. The van der Waals surface area contributed by atoms with Gasteiger partial charge < -0.3 is 5.73 Å². The van der Waals surface area contributed by atoms with Gasteiger partial charge in [-0.25, -0.2) is 0 Å². The first-order chi connectivity index (χ1) is 7.24. The smallest absolute Gasteiger partial charge is 0.0195 e. The second-order valence-corrected chi connectivity index (χ2v) is 5.11. The first-order valence-electron chi connectivity index (χ1n) is 6.81. The van der Waals surface area contributed by atoms with Crippen LogP contribution in [0.1, 0.15) is 65.7 Å². The molecule has 1 rings (SSSR count). The highest BCUT2D eigenvalue weighted by molar-refractivity contribution is 4.73. The lowest BCUT2D eigenvalue weighted by Crippen LogP contribution is -2.09. The van der Waals surface area contributed by atoms with Crippen LogP contribution in [-0.2, 0) is 0 Å². The molecule has 2 N–H and O–H groups in total. The SMILES string of the molecule is CCC(C)CCC(C)C1CCCC1.CN. The van der Waals surface area contributed by atoms with Crippen molar-refractivity contribution in [2.75, 3.05) is 7.05 Å². The van der Waals surface area contributed by atoms with Crippen molar-refractivity contribution in [2.24, 2.45) is 23.5 Å². The van der Waals surface area contributed by atoms with Gasteiger partial charge in [0.1, 0.15) is 0 Å². The minimum atomic E-state index is 0.948. The van der Waals surface area contributed by atoms with Crippen molar-refractivity contribution in [3.05, 3.63) is 0 Å². The molecule has 0 aromatic carbocycles. The maximum atomic E-state index is 4.50. The van der Waals surface area contributed by atoms with Crippen molar-refractivity contribution >= 4 is 0 Å². The van der Waals surface area contributed by atoms with Gasteiger partial charge in [-0.15, -0.1) is 0 Å². The molecular weight excluding hydrogens is 182 g/mol. The maximum absolute atomic E-state index is 4.50. The molecule has 0 heterocycles. The van der Waals surface area contributed by atoms with Crippen LogP contribution in [0.4, 0.5) is 0 Å². The van der Waals surface area contributed by atoms with Gasteiger partial charge in [0, 0.05) is 0 Å². The molecule has 0 amide bonds. The Morgan fingerprint density at radius 1 is 1.07 bits per heavy atom. The van der Waals surface area contributed by atoms with Crippen molar-refractivity contribution in [2.45, 2.75) is 65.7 Å². The molecule has 0 bridgehead atoms. The summed E-state index contributed by atoms with van der Waals surface area (Å²) in [4.78, 5) is 0. The van der Waals surface area contributed by atoms with Crippen LogP contribution >= 0.6 is 0 Å². The molecule has 1 aliphatic carbocycles. The molecule has 1 fully saturated rings. The van der Waals surface area contributed by atoms with E-state index in [9.17, 15) is 0 Å². The van der Waals surface area contributed by atoms with Gasteiger partial charge in [0.05, 0.1) is 0 Å². The zero-order valence-corrected chi connectivity index (χ0v) is 11.3. The van der Waals surface area contributed by atoms with Gasteiger partial charge in [0.15, 0.2) is 0 Å². The second-order valence-electron chi connectivity index (χ2n) is 5.11. The van der Waals surface area contributed by atoms with E-state index in [0.717, 1.165) is 17.8 Å². The van der Waals surface area contributed by atoms with Crippen LogP contribution in [-0.4, -0.2) is 7.05 Å². The van der Waals surface area contributed by atoms with E-state index in [2.05, 4.69) is 26.5 Å². The molecule has 1 aliphatic rings. The normalized spacial score (nSPS) is 20.6. The van der Waals surface area contributed by atoms with Gasteiger partial charge in [0.2, 0.25) is 0 Å². The van der Waals surface area contributed by atoms with Crippen molar-refractivity contribution in [1.29, 1.82) is 0 Å². The molecule has 0 aliphatic heterocycles. The molecule has 15 heavy (non-hydrogen) atoms. The summed E-state index contributed by atoms with van der Waals surface area (Å²) in [5.41, 5.74) is 4.50. The summed E-state index contributed by atoms with van der Waals surface area (Å²) < 4.78 is 0. The summed E-state index contributed by atoms with van der Waals surface area (Å²) in [6.07, 6.45) is 10.3. The van der Waals surface area contributed by atoms with Crippen LogP contribution in [0, 0.1) is 17.8 Å². The van der Waals surface area contributed by atoms with Gasteiger partial charge in [-0.05, 0) is 24.8 Å². The van der Waals surface area contributed by atoms with Gasteiger partial charge in [-0.1, -0.05) is 65.7 Å². The number of rotatable bonds is 5. The monoisotopic (exact) mass is 213 g/mol. The van der Waals surface area contributed by atoms with Crippen molar-refractivity contribution in [3.8, 4) is 0 Å². The Balaban J connectivity index is 0.000000921. The molecular formula is C14H31N. The topological polar surface area (TPSA) is 26.0 Å². The van der Waals surface area contributed by atoms with E-state index in [1.165, 1.54) is 52.0 Å². The van der Waals surface area contributed by atoms with E-state index in [4.69, 9.17) is 0 Å². The molecule has 0 aromatic heterocycles. The molecule has 0 saturated heterocycles. The highest BCUT2D eigenvalue weighted by Crippen LogP contribution is 2.34. The molecule has 0 spiro atoms. The summed E-state index contributed by atoms with van der Waals surface area (Å²) in [5, 5.41) is 0. The molecule has 2 unspecified atom stereocenters. The summed E-state index contributed by atoms with van der Waals surface area (Å²) in [6, 6.07) is 0. The van der Waals surface area contributed by atoms with Crippen molar-refractivity contribution < 1.29 is 0 Å². The third-order valence-electron chi connectivity index (χ3n) is 4.02. The first kappa shape index (κ1) is 15.0. The third-order valence-corrected chi connectivity index (χ3v) is 4.02. The van der Waals surface area contributed by atoms with Crippen molar-refractivity contribution in [3.63, 3.8) is 0 Å². The standard InChI is InChI=1S/C13H26.CH5N/c1-4-11(2)9-10-12(3)13-7-5-6-8-13;1-2/h11-13H,4-10H2,1-3H3;2H2,1H3. The lowest BCUT2D eigenvalue weighted by molar-refractivity contribution is 0.315. The largest absolute Gasteiger partial charge is 0.333 e. The summed E-state index contributed by atoms with van der Waals surface area (Å²) in [5.74, 6) is 3.02. The number of hydrogen-bond acceptors (Lipinski definition) is 1. The van der Waals surface area contributed by atoms with E-state index in [0.29, 0.717) is 0 Å². The number of nitrogens with two attached hydrogens (primary N) is 1. The Bertz CT molecular complexity index is 127. The average Bonchev–Trinajstić information content (AvgIpc) is 2.81. The molecule has 0 radical (unpaired) electrons. The van der Waals surface area contributed by atoms with E-state index in [1.807, 2.05) is 0 Å².